The maximum Gasteiger partial charge on any atom is 0.224 e. The second-order valence-corrected chi connectivity index (χ2v) is 6.38. The molecule has 0 fully saturated rings. The van der Waals surface area contributed by atoms with E-state index < -0.39 is 5.54 Å². The first-order valence-electron chi connectivity index (χ1n) is 6.16. The largest absolute Gasteiger partial charge is 0.345 e. The molecule has 0 radical (unpaired) electrons. The van der Waals surface area contributed by atoms with Crippen LogP contribution < -0.4 is 5.73 Å². The first kappa shape index (κ1) is 16.1. The van der Waals surface area contributed by atoms with Crippen molar-refractivity contribution in [1.82, 2.24) is 4.90 Å². The number of carbonyl (C=O) groups is 1. The van der Waals surface area contributed by atoms with Crippen molar-refractivity contribution in [2.45, 2.75) is 32.2 Å². The summed E-state index contributed by atoms with van der Waals surface area (Å²) in [6, 6.07) is 4.81. The van der Waals surface area contributed by atoms with Crippen molar-refractivity contribution in [3.05, 3.63) is 34.1 Å². The van der Waals surface area contributed by atoms with Crippen LogP contribution in [-0.2, 0) is 11.2 Å². The van der Waals surface area contributed by atoms with Crippen LogP contribution in [0.2, 0.25) is 0 Å². The van der Waals surface area contributed by atoms with E-state index in [2.05, 4.69) is 15.9 Å². The highest BCUT2D eigenvalue weighted by Gasteiger charge is 2.19. The number of halogens is 2. The molecule has 3 nitrogen and oxygen atoms in total. The van der Waals surface area contributed by atoms with Gasteiger partial charge < -0.3 is 10.6 Å². The molecule has 1 aromatic carbocycles. The molecule has 0 aliphatic heterocycles. The van der Waals surface area contributed by atoms with Gasteiger partial charge in [-0.1, -0.05) is 15.9 Å². The van der Waals surface area contributed by atoms with E-state index in [-0.39, 0.29) is 18.1 Å². The van der Waals surface area contributed by atoms with Gasteiger partial charge >= 0.3 is 0 Å². The molecule has 0 aliphatic rings. The van der Waals surface area contributed by atoms with Crippen LogP contribution in [0.1, 0.15) is 25.8 Å². The molecule has 0 bridgehead atoms. The van der Waals surface area contributed by atoms with Crippen LogP contribution in [-0.4, -0.2) is 29.9 Å². The smallest absolute Gasteiger partial charge is 0.224 e. The maximum atomic E-state index is 13.5. The number of hydrogen-bond acceptors (Lipinski definition) is 2. The first-order valence-corrected chi connectivity index (χ1v) is 6.95. The fourth-order valence-corrected chi connectivity index (χ4v) is 2.08. The molecule has 2 N–H and O–H groups in total. The molecule has 19 heavy (non-hydrogen) atoms. The summed E-state index contributed by atoms with van der Waals surface area (Å²) in [5.74, 6) is -0.272. The van der Waals surface area contributed by atoms with Crippen molar-refractivity contribution >= 4 is 21.8 Å². The summed E-state index contributed by atoms with van der Waals surface area (Å²) in [5, 5.41) is 0. The minimum Gasteiger partial charge on any atom is -0.345 e. The van der Waals surface area contributed by atoms with Gasteiger partial charge in [-0.2, -0.15) is 0 Å². The second-order valence-electron chi connectivity index (χ2n) is 5.47. The fourth-order valence-electron chi connectivity index (χ4n) is 1.67. The SMILES string of the molecule is CN(CCc1cc(Br)ccc1F)C(=O)CC(C)(C)N. The first-order chi connectivity index (χ1) is 8.69. The van der Waals surface area contributed by atoms with E-state index in [4.69, 9.17) is 5.73 Å². The van der Waals surface area contributed by atoms with E-state index in [1.165, 1.54) is 6.07 Å². The number of benzene rings is 1. The lowest BCUT2D eigenvalue weighted by atomic mass is 10.0. The van der Waals surface area contributed by atoms with Crippen LogP contribution in [0.3, 0.4) is 0 Å². The number of hydrogen-bond donors (Lipinski definition) is 1. The van der Waals surface area contributed by atoms with Crippen molar-refractivity contribution in [1.29, 1.82) is 0 Å². The minimum absolute atomic E-state index is 0.0251. The number of nitrogens with two attached hydrogens (primary N) is 1. The molecule has 0 spiro atoms. The van der Waals surface area contributed by atoms with Gasteiger partial charge in [-0.3, -0.25) is 4.79 Å². The van der Waals surface area contributed by atoms with E-state index in [0.29, 0.717) is 18.5 Å². The zero-order valence-corrected chi connectivity index (χ0v) is 13.1. The maximum absolute atomic E-state index is 13.5. The van der Waals surface area contributed by atoms with Crippen LogP contribution >= 0.6 is 15.9 Å². The Morgan fingerprint density at radius 3 is 2.68 bits per heavy atom. The summed E-state index contributed by atoms with van der Waals surface area (Å²) in [6.45, 7) is 4.10. The van der Waals surface area contributed by atoms with E-state index in [9.17, 15) is 9.18 Å². The number of nitrogens with zero attached hydrogens (tertiary/aromatic N) is 1. The molecule has 1 aromatic rings. The molecule has 1 rings (SSSR count). The van der Waals surface area contributed by atoms with Gasteiger partial charge in [0.15, 0.2) is 0 Å². The number of carbonyl (C=O) groups excluding carboxylic acids is 1. The van der Waals surface area contributed by atoms with Gasteiger partial charge in [-0.05, 0) is 44.0 Å². The van der Waals surface area contributed by atoms with Gasteiger partial charge in [0.1, 0.15) is 5.82 Å². The zero-order chi connectivity index (χ0) is 14.6. The Kier molecular flexibility index (Phi) is 5.50. The fraction of sp³-hybridized carbons (Fsp3) is 0.500. The average molecular weight is 331 g/mol. The Hall–Kier alpha value is -0.940. The van der Waals surface area contributed by atoms with Gasteiger partial charge in [-0.25, -0.2) is 4.39 Å². The molecule has 0 aliphatic carbocycles. The third kappa shape index (κ3) is 5.70. The summed E-state index contributed by atoms with van der Waals surface area (Å²) in [6.07, 6.45) is 0.767. The lowest BCUT2D eigenvalue weighted by molar-refractivity contribution is -0.130. The number of amides is 1. The van der Waals surface area contributed by atoms with Crippen LogP contribution in [0.4, 0.5) is 4.39 Å². The van der Waals surface area contributed by atoms with Gasteiger partial charge in [0.25, 0.3) is 0 Å². The molecule has 0 saturated carbocycles. The molecule has 0 aromatic heterocycles. The van der Waals surface area contributed by atoms with Crippen molar-refractivity contribution in [3.63, 3.8) is 0 Å². The van der Waals surface area contributed by atoms with Crippen LogP contribution in [0.5, 0.6) is 0 Å². The van der Waals surface area contributed by atoms with E-state index >= 15 is 0 Å². The van der Waals surface area contributed by atoms with Crippen LogP contribution in [0.15, 0.2) is 22.7 Å². The van der Waals surface area contributed by atoms with Crippen molar-refractivity contribution in [3.8, 4) is 0 Å². The highest BCUT2D eigenvalue weighted by Crippen LogP contribution is 2.16. The summed E-state index contributed by atoms with van der Waals surface area (Å²) < 4.78 is 14.4. The lowest BCUT2D eigenvalue weighted by Gasteiger charge is -2.23. The van der Waals surface area contributed by atoms with E-state index in [1.54, 1.807) is 24.1 Å². The zero-order valence-electron chi connectivity index (χ0n) is 11.5. The molecule has 0 atom stereocenters. The third-order valence-corrected chi connectivity index (χ3v) is 3.25. The lowest BCUT2D eigenvalue weighted by Crippen LogP contribution is -2.40. The Bertz CT molecular complexity index is 457. The van der Waals surface area contributed by atoms with E-state index in [1.807, 2.05) is 13.8 Å². The molecule has 5 heteroatoms. The number of likely N-dealkylation sites (N-methyl/N-ethyl adjacent to an activating group) is 1. The molecule has 106 valence electrons. The Labute approximate surface area is 122 Å². The molecule has 0 unspecified atom stereocenters. The van der Waals surface area contributed by atoms with E-state index in [0.717, 1.165) is 4.47 Å². The van der Waals surface area contributed by atoms with Gasteiger partial charge in [0, 0.05) is 30.0 Å². The second kappa shape index (κ2) is 6.48. The van der Waals surface area contributed by atoms with Crippen LogP contribution in [0, 0.1) is 5.82 Å². The third-order valence-electron chi connectivity index (χ3n) is 2.76. The normalized spacial score (nSPS) is 11.5. The molecular weight excluding hydrogens is 311 g/mol. The average Bonchev–Trinajstić information content (AvgIpc) is 2.27. The molecular formula is C14H20BrFN2O. The molecule has 0 heterocycles. The van der Waals surface area contributed by atoms with Crippen LogP contribution in [0.25, 0.3) is 0 Å². The minimum atomic E-state index is -0.521. The van der Waals surface area contributed by atoms with Crippen molar-refractivity contribution < 1.29 is 9.18 Å². The Morgan fingerprint density at radius 1 is 1.47 bits per heavy atom. The van der Waals surface area contributed by atoms with Crippen molar-refractivity contribution in [2.24, 2.45) is 5.73 Å². The topological polar surface area (TPSA) is 46.3 Å². The predicted molar refractivity (Wildman–Crippen MR) is 78.3 cm³/mol. The summed E-state index contributed by atoms with van der Waals surface area (Å²) in [4.78, 5) is 13.5. The highest BCUT2D eigenvalue weighted by atomic mass is 79.9. The monoisotopic (exact) mass is 330 g/mol. The summed E-state index contributed by atoms with van der Waals surface area (Å²) in [5.41, 5.74) is 5.89. The molecule has 0 saturated heterocycles. The Morgan fingerprint density at radius 2 is 2.11 bits per heavy atom. The molecule has 1 amide bonds. The summed E-state index contributed by atoms with van der Waals surface area (Å²) in [7, 11) is 1.71. The predicted octanol–water partition coefficient (Wildman–Crippen LogP) is 2.72. The summed E-state index contributed by atoms with van der Waals surface area (Å²) >= 11 is 3.31. The van der Waals surface area contributed by atoms with Gasteiger partial charge in [0.2, 0.25) is 5.91 Å². The highest BCUT2D eigenvalue weighted by molar-refractivity contribution is 9.10. The van der Waals surface area contributed by atoms with Crippen molar-refractivity contribution in [2.75, 3.05) is 13.6 Å². The quantitative estimate of drug-likeness (QED) is 0.902. The van der Waals surface area contributed by atoms with Gasteiger partial charge in [0.05, 0.1) is 0 Å². The van der Waals surface area contributed by atoms with Gasteiger partial charge in [-0.15, -0.1) is 0 Å². The number of rotatable bonds is 5. The Balaban J connectivity index is 2.56. The standard InChI is InChI=1S/C14H20BrFN2O/c1-14(2,17)9-13(19)18(3)7-6-10-8-11(15)4-5-12(10)16/h4-5,8H,6-7,9,17H2,1-3H3.